The Morgan fingerprint density at radius 1 is 1.50 bits per heavy atom. The summed E-state index contributed by atoms with van der Waals surface area (Å²) in [7, 11) is 0. The van der Waals surface area contributed by atoms with Crippen molar-refractivity contribution in [1.29, 1.82) is 0 Å². The number of likely N-dealkylation sites (tertiary alicyclic amines) is 1. The van der Waals surface area contributed by atoms with E-state index in [2.05, 4.69) is 33.8 Å². The van der Waals surface area contributed by atoms with E-state index in [-0.39, 0.29) is 11.4 Å². The van der Waals surface area contributed by atoms with E-state index in [1.807, 2.05) is 4.90 Å². The van der Waals surface area contributed by atoms with Gasteiger partial charge in [0.15, 0.2) is 0 Å². The summed E-state index contributed by atoms with van der Waals surface area (Å²) in [6.45, 7) is 9.56. The maximum atomic E-state index is 12.6. The van der Waals surface area contributed by atoms with Gasteiger partial charge in [0, 0.05) is 17.0 Å². The molecule has 1 aromatic rings. The zero-order chi connectivity index (χ0) is 13.3. The number of carbonyl (C=O) groups excluding carboxylic acids is 1. The molecule has 0 bridgehead atoms. The summed E-state index contributed by atoms with van der Waals surface area (Å²) in [5.41, 5.74) is 1.38. The molecule has 3 heteroatoms. The molecule has 2 rings (SSSR count). The maximum Gasteiger partial charge on any atom is 0.264 e. The zero-order valence-electron chi connectivity index (χ0n) is 11.9. The highest BCUT2D eigenvalue weighted by molar-refractivity contribution is 7.14. The predicted molar refractivity (Wildman–Crippen MR) is 77.4 cm³/mol. The largest absolute Gasteiger partial charge is 0.333 e. The Labute approximate surface area is 114 Å². The second-order valence-electron chi connectivity index (χ2n) is 5.81. The minimum Gasteiger partial charge on any atom is -0.333 e. The summed E-state index contributed by atoms with van der Waals surface area (Å²) >= 11 is 1.66. The summed E-state index contributed by atoms with van der Waals surface area (Å²) in [5.74, 6) is 0.230. The van der Waals surface area contributed by atoms with Crippen molar-refractivity contribution in [1.82, 2.24) is 4.90 Å². The molecule has 0 unspecified atom stereocenters. The first-order valence-electron chi connectivity index (χ1n) is 6.87. The first-order valence-corrected chi connectivity index (χ1v) is 7.68. The SMILES string of the molecule is CCCc1cc(C(=O)N2CCCC2(C)C)sc1C. The molecule has 0 aliphatic carbocycles. The second-order valence-corrected chi connectivity index (χ2v) is 7.07. The van der Waals surface area contributed by atoms with Crippen LogP contribution in [0.2, 0.25) is 0 Å². The fourth-order valence-corrected chi connectivity index (χ4v) is 3.78. The molecule has 100 valence electrons. The smallest absolute Gasteiger partial charge is 0.264 e. The van der Waals surface area contributed by atoms with E-state index in [1.165, 1.54) is 10.4 Å². The molecule has 1 aliphatic rings. The van der Waals surface area contributed by atoms with Crippen LogP contribution in [0.5, 0.6) is 0 Å². The van der Waals surface area contributed by atoms with E-state index in [4.69, 9.17) is 0 Å². The normalized spacial score (nSPS) is 18.3. The summed E-state index contributed by atoms with van der Waals surface area (Å²) in [6.07, 6.45) is 4.47. The van der Waals surface area contributed by atoms with Gasteiger partial charge in [-0.05, 0) is 51.7 Å². The first-order chi connectivity index (χ1) is 8.45. The molecule has 2 nitrogen and oxygen atoms in total. The van der Waals surface area contributed by atoms with Crippen LogP contribution in [-0.2, 0) is 6.42 Å². The van der Waals surface area contributed by atoms with Gasteiger partial charge in [0.1, 0.15) is 0 Å². The molecule has 0 spiro atoms. The van der Waals surface area contributed by atoms with Gasteiger partial charge in [-0.25, -0.2) is 0 Å². The summed E-state index contributed by atoms with van der Waals surface area (Å²) < 4.78 is 0. The Bertz CT molecular complexity index is 447. The lowest BCUT2D eigenvalue weighted by Crippen LogP contribution is -2.42. The topological polar surface area (TPSA) is 20.3 Å². The monoisotopic (exact) mass is 265 g/mol. The number of aryl methyl sites for hydroxylation is 2. The summed E-state index contributed by atoms with van der Waals surface area (Å²) in [5, 5.41) is 0. The van der Waals surface area contributed by atoms with Crippen LogP contribution in [0.25, 0.3) is 0 Å². The third kappa shape index (κ3) is 2.46. The second kappa shape index (κ2) is 5.04. The highest BCUT2D eigenvalue weighted by Crippen LogP contribution is 2.32. The van der Waals surface area contributed by atoms with Crippen LogP contribution in [-0.4, -0.2) is 22.9 Å². The average molecular weight is 265 g/mol. The quantitative estimate of drug-likeness (QED) is 0.808. The molecule has 0 N–H and O–H groups in total. The molecule has 0 saturated carbocycles. The minimum absolute atomic E-state index is 0.0277. The number of rotatable bonds is 3. The predicted octanol–water partition coefficient (Wildman–Crippen LogP) is 4.02. The van der Waals surface area contributed by atoms with Crippen molar-refractivity contribution in [3.63, 3.8) is 0 Å². The van der Waals surface area contributed by atoms with Gasteiger partial charge in [-0.3, -0.25) is 4.79 Å². The Hall–Kier alpha value is -0.830. The van der Waals surface area contributed by atoms with Crippen LogP contribution in [0.15, 0.2) is 6.07 Å². The summed E-state index contributed by atoms with van der Waals surface area (Å²) in [6, 6.07) is 2.11. The number of amides is 1. The van der Waals surface area contributed by atoms with Crippen molar-refractivity contribution in [2.24, 2.45) is 0 Å². The van der Waals surface area contributed by atoms with Crippen molar-refractivity contribution in [3.8, 4) is 0 Å². The van der Waals surface area contributed by atoms with Crippen molar-refractivity contribution in [2.75, 3.05) is 6.54 Å². The van der Waals surface area contributed by atoms with Gasteiger partial charge in [-0.2, -0.15) is 0 Å². The molecule has 1 aromatic heterocycles. The molecule has 1 amide bonds. The number of carbonyl (C=O) groups is 1. The van der Waals surface area contributed by atoms with E-state index in [0.29, 0.717) is 0 Å². The van der Waals surface area contributed by atoms with Gasteiger partial charge in [-0.15, -0.1) is 11.3 Å². The summed E-state index contributed by atoms with van der Waals surface area (Å²) in [4.78, 5) is 16.8. The van der Waals surface area contributed by atoms with Gasteiger partial charge >= 0.3 is 0 Å². The van der Waals surface area contributed by atoms with Crippen LogP contribution < -0.4 is 0 Å². The van der Waals surface area contributed by atoms with Crippen molar-refractivity contribution >= 4 is 17.2 Å². The maximum absolute atomic E-state index is 12.6. The van der Waals surface area contributed by atoms with Crippen molar-refractivity contribution < 1.29 is 4.79 Å². The number of hydrogen-bond acceptors (Lipinski definition) is 2. The number of hydrogen-bond donors (Lipinski definition) is 0. The molecule has 0 aromatic carbocycles. The molecular formula is C15H23NOS. The van der Waals surface area contributed by atoms with E-state index in [9.17, 15) is 4.79 Å². The number of thiophene rings is 1. The lowest BCUT2D eigenvalue weighted by atomic mass is 10.0. The number of nitrogens with zero attached hydrogens (tertiary/aromatic N) is 1. The van der Waals surface area contributed by atoms with Crippen molar-refractivity contribution in [2.45, 2.75) is 58.9 Å². The molecule has 1 aliphatic heterocycles. The fourth-order valence-electron chi connectivity index (χ4n) is 2.76. The third-order valence-corrected chi connectivity index (χ3v) is 4.98. The highest BCUT2D eigenvalue weighted by Gasteiger charge is 2.36. The fraction of sp³-hybridized carbons (Fsp3) is 0.667. The van der Waals surface area contributed by atoms with Gasteiger partial charge in [-0.1, -0.05) is 13.3 Å². The first kappa shape index (κ1) is 13.6. The molecule has 1 saturated heterocycles. The standard InChI is InChI=1S/C15H23NOS/c1-5-7-12-10-13(18-11(12)2)14(17)16-9-6-8-15(16,3)4/h10H,5-9H2,1-4H3. The average Bonchev–Trinajstić information content (AvgIpc) is 2.82. The van der Waals surface area contributed by atoms with E-state index in [1.54, 1.807) is 11.3 Å². The van der Waals surface area contributed by atoms with Crippen LogP contribution in [0.4, 0.5) is 0 Å². The van der Waals surface area contributed by atoms with E-state index >= 15 is 0 Å². The van der Waals surface area contributed by atoms with Gasteiger partial charge in [0.25, 0.3) is 5.91 Å². The zero-order valence-corrected chi connectivity index (χ0v) is 12.7. The van der Waals surface area contributed by atoms with Crippen LogP contribution >= 0.6 is 11.3 Å². The van der Waals surface area contributed by atoms with Gasteiger partial charge in [0.2, 0.25) is 0 Å². The lowest BCUT2D eigenvalue weighted by molar-refractivity contribution is 0.0657. The Morgan fingerprint density at radius 2 is 2.22 bits per heavy atom. The molecule has 0 atom stereocenters. The Morgan fingerprint density at radius 3 is 2.78 bits per heavy atom. The highest BCUT2D eigenvalue weighted by atomic mass is 32.1. The molecule has 18 heavy (non-hydrogen) atoms. The van der Waals surface area contributed by atoms with Crippen molar-refractivity contribution in [3.05, 3.63) is 21.4 Å². The van der Waals surface area contributed by atoms with Crippen LogP contribution in [0.3, 0.4) is 0 Å². The Balaban J connectivity index is 2.21. The molecule has 1 fully saturated rings. The molecule has 2 heterocycles. The minimum atomic E-state index is 0.0277. The molecular weight excluding hydrogens is 242 g/mol. The Kier molecular flexibility index (Phi) is 3.81. The lowest BCUT2D eigenvalue weighted by Gasteiger charge is -2.31. The van der Waals surface area contributed by atoms with E-state index in [0.717, 1.165) is 37.1 Å². The molecule has 0 radical (unpaired) electrons. The van der Waals surface area contributed by atoms with Gasteiger partial charge in [0.05, 0.1) is 4.88 Å². The van der Waals surface area contributed by atoms with Crippen LogP contribution in [0.1, 0.15) is 60.1 Å². The van der Waals surface area contributed by atoms with Gasteiger partial charge < -0.3 is 4.90 Å². The van der Waals surface area contributed by atoms with E-state index < -0.39 is 0 Å². The third-order valence-electron chi connectivity index (χ3n) is 3.90. The van der Waals surface area contributed by atoms with Crippen LogP contribution in [0, 0.1) is 6.92 Å².